The van der Waals surface area contributed by atoms with Gasteiger partial charge in [-0.3, -0.25) is 0 Å². The molecule has 2 aliphatic rings. The standard InChI is InChI=1S/C17H15F3N2/c18-17(19,20)16(14-8-2-1-3-9-14)21-22(16)15-10-12-6-4-5-7-13(12)11-15/h1-9,15,21H,10-11H2. The van der Waals surface area contributed by atoms with Crippen LogP contribution in [0, 0.1) is 0 Å². The van der Waals surface area contributed by atoms with E-state index in [0.717, 1.165) is 11.1 Å². The van der Waals surface area contributed by atoms with E-state index in [1.54, 1.807) is 18.2 Å². The van der Waals surface area contributed by atoms with E-state index in [2.05, 4.69) is 5.43 Å². The highest BCUT2D eigenvalue weighted by Crippen LogP contribution is 2.52. The molecule has 2 aromatic rings. The summed E-state index contributed by atoms with van der Waals surface area (Å²) < 4.78 is 41.1. The summed E-state index contributed by atoms with van der Waals surface area (Å²) in [5, 5.41) is 1.38. The molecule has 1 aliphatic carbocycles. The molecule has 0 saturated carbocycles. The Morgan fingerprint density at radius 2 is 1.45 bits per heavy atom. The van der Waals surface area contributed by atoms with Gasteiger partial charge in [-0.15, -0.1) is 0 Å². The molecule has 4 rings (SSSR count). The molecule has 0 bridgehead atoms. The van der Waals surface area contributed by atoms with Gasteiger partial charge in [0.2, 0.25) is 5.66 Å². The van der Waals surface area contributed by atoms with Crippen molar-refractivity contribution in [1.29, 1.82) is 0 Å². The van der Waals surface area contributed by atoms with Crippen LogP contribution in [0.4, 0.5) is 13.2 Å². The summed E-state index contributed by atoms with van der Waals surface area (Å²) in [4.78, 5) is 0. The third-order valence-corrected chi connectivity index (χ3v) is 4.59. The zero-order valence-corrected chi connectivity index (χ0v) is 11.8. The van der Waals surface area contributed by atoms with E-state index in [-0.39, 0.29) is 11.6 Å². The number of nitrogens with zero attached hydrogens (tertiary/aromatic N) is 1. The molecule has 2 aromatic carbocycles. The summed E-state index contributed by atoms with van der Waals surface area (Å²) in [6.07, 6.45) is -3.06. The van der Waals surface area contributed by atoms with Crippen molar-refractivity contribution in [3.05, 3.63) is 71.3 Å². The zero-order chi connectivity index (χ0) is 15.4. The number of hydrazine groups is 1. The lowest BCUT2D eigenvalue weighted by Crippen LogP contribution is -2.38. The Labute approximate surface area is 126 Å². The lowest BCUT2D eigenvalue weighted by molar-refractivity contribution is -0.177. The van der Waals surface area contributed by atoms with Crippen molar-refractivity contribution in [2.24, 2.45) is 0 Å². The molecule has 0 spiro atoms. The van der Waals surface area contributed by atoms with Crippen LogP contribution >= 0.6 is 0 Å². The third kappa shape index (κ3) is 1.89. The van der Waals surface area contributed by atoms with E-state index in [1.165, 1.54) is 17.1 Å². The number of nitrogens with one attached hydrogen (secondary N) is 1. The van der Waals surface area contributed by atoms with Gasteiger partial charge in [0.25, 0.3) is 0 Å². The van der Waals surface area contributed by atoms with Gasteiger partial charge >= 0.3 is 6.18 Å². The maximum Gasteiger partial charge on any atom is 0.426 e. The van der Waals surface area contributed by atoms with Gasteiger partial charge in [-0.2, -0.15) is 13.2 Å². The third-order valence-electron chi connectivity index (χ3n) is 4.59. The van der Waals surface area contributed by atoms with E-state index < -0.39 is 11.8 Å². The highest BCUT2D eigenvalue weighted by atomic mass is 19.4. The summed E-state index contributed by atoms with van der Waals surface area (Å²) in [6, 6.07) is 15.8. The molecule has 1 N–H and O–H groups in total. The minimum absolute atomic E-state index is 0.167. The molecule has 1 fully saturated rings. The van der Waals surface area contributed by atoms with Crippen LogP contribution in [-0.2, 0) is 18.5 Å². The Morgan fingerprint density at radius 1 is 0.909 bits per heavy atom. The Morgan fingerprint density at radius 3 is 2.00 bits per heavy atom. The lowest BCUT2D eigenvalue weighted by atomic mass is 10.0. The van der Waals surface area contributed by atoms with Crippen molar-refractivity contribution in [1.82, 2.24) is 10.4 Å². The molecule has 22 heavy (non-hydrogen) atoms. The zero-order valence-electron chi connectivity index (χ0n) is 11.8. The normalized spacial score (nSPS) is 27.7. The Balaban J connectivity index is 1.66. The Hall–Kier alpha value is -1.85. The fourth-order valence-corrected chi connectivity index (χ4v) is 3.48. The molecule has 114 valence electrons. The maximum absolute atomic E-state index is 13.7. The highest BCUT2D eigenvalue weighted by Gasteiger charge is 2.72. The van der Waals surface area contributed by atoms with Crippen molar-refractivity contribution in [2.75, 3.05) is 0 Å². The van der Waals surface area contributed by atoms with Gasteiger partial charge in [-0.05, 0) is 29.5 Å². The van der Waals surface area contributed by atoms with Gasteiger partial charge in [0.15, 0.2) is 0 Å². The van der Waals surface area contributed by atoms with Crippen molar-refractivity contribution in [2.45, 2.75) is 30.7 Å². The van der Waals surface area contributed by atoms with E-state index in [4.69, 9.17) is 0 Å². The van der Waals surface area contributed by atoms with Crippen LogP contribution in [0.25, 0.3) is 0 Å². The molecule has 0 amide bonds. The average Bonchev–Trinajstić information content (AvgIpc) is 3.14. The highest BCUT2D eigenvalue weighted by molar-refractivity contribution is 5.37. The molecule has 2 unspecified atom stereocenters. The average molecular weight is 304 g/mol. The van der Waals surface area contributed by atoms with Crippen LogP contribution in [0.2, 0.25) is 0 Å². The van der Waals surface area contributed by atoms with Crippen LogP contribution in [-0.4, -0.2) is 17.2 Å². The second-order valence-electron chi connectivity index (χ2n) is 5.89. The first kappa shape index (κ1) is 13.8. The molecule has 5 heteroatoms. The molecule has 2 atom stereocenters. The minimum Gasteiger partial charge on any atom is -0.219 e. The second-order valence-corrected chi connectivity index (χ2v) is 5.89. The molecule has 1 saturated heterocycles. The second kappa shape index (κ2) is 4.57. The minimum atomic E-state index is -4.36. The first-order valence-corrected chi connectivity index (χ1v) is 7.28. The number of benzene rings is 2. The predicted molar refractivity (Wildman–Crippen MR) is 76.8 cm³/mol. The smallest absolute Gasteiger partial charge is 0.219 e. The largest absolute Gasteiger partial charge is 0.426 e. The van der Waals surface area contributed by atoms with Crippen LogP contribution < -0.4 is 5.43 Å². The Bertz CT molecular complexity index is 674. The molecule has 1 aliphatic heterocycles. The number of halogens is 3. The monoisotopic (exact) mass is 304 g/mol. The van der Waals surface area contributed by atoms with Crippen molar-refractivity contribution < 1.29 is 13.2 Å². The molecule has 1 heterocycles. The maximum atomic E-state index is 13.7. The van der Waals surface area contributed by atoms with Crippen LogP contribution in [0.15, 0.2) is 54.6 Å². The first-order valence-electron chi connectivity index (χ1n) is 7.28. The van der Waals surface area contributed by atoms with Crippen molar-refractivity contribution >= 4 is 0 Å². The Kier molecular flexibility index (Phi) is 2.86. The summed E-state index contributed by atoms with van der Waals surface area (Å²) in [7, 11) is 0. The SMILES string of the molecule is FC(F)(F)C1(c2ccccc2)NN1C1Cc2ccccc2C1. The van der Waals surface area contributed by atoms with Gasteiger partial charge < -0.3 is 0 Å². The summed E-state index contributed by atoms with van der Waals surface area (Å²) in [5.41, 5.74) is 3.12. The number of hydrogen-bond donors (Lipinski definition) is 1. The number of alkyl halides is 3. The topological polar surface area (TPSA) is 25.0 Å². The van der Waals surface area contributed by atoms with Crippen LogP contribution in [0.3, 0.4) is 0 Å². The van der Waals surface area contributed by atoms with E-state index in [1.807, 2.05) is 24.3 Å². The quantitative estimate of drug-likeness (QED) is 0.860. The molecule has 0 radical (unpaired) electrons. The lowest BCUT2D eigenvalue weighted by Gasteiger charge is -2.21. The van der Waals surface area contributed by atoms with Gasteiger partial charge in [0.1, 0.15) is 0 Å². The summed E-state index contributed by atoms with van der Waals surface area (Å²) in [5.74, 6) is 0. The van der Waals surface area contributed by atoms with Crippen molar-refractivity contribution in [3.8, 4) is 0 Å². The summed E-state index contributed by atoms with van der Waals surface area (Å²) in [6.45, 7) is 0. The molecular weight excluding hydrogens is 289 g/mol. The fraction of sp³-hybridized carbons (Fsp3) is 0.294. The summed E-state index contributed by atoms with van der Waals surface area (Å²) >= 11 is 0. The van der Waals surface area contributed by atoms with Gasteiger partial charge in [0.05, 0.1) is 0 Å². The molecule has 0 aromatic heterocycles. The van der Waals surface area contributed by atoms with Gasteiger partial charge in [-0.1, -0.05) is 54.6 Å². The number of hydrogen-bond acceptors (Lipinski definition) is 2. The first-order chi connectivity index (χ1) is 10.5. The van der Waals surface area contributed by atoms with Gasteiger partial charge in [0, 0.05) is 6.04 Å². The van der Waals surface area contributed by atoms with Crippen molar-refractivity contribution in [3.63, 3.8) is 0 Å². The van der Waals surface area contributed by atoms with E-state index in [0.29, 0.717) is 12.8 Å². The molecular formula is C17H15F3N2. The van der Waals surface area contributed by atoms with E-state index >= 15 is 0 Å². The van der Waals surface area contributed by atoms with Gasteiger partial charge in [-0.25, -0.2) is 10.4 Å². The molecule has 2 nitrogen and oxygen atoms in total. The predicted octanol–water partition coefficient (Wildman–Crippen LogP) is 3.39. The van der Waals surface area contributed by atoms with Crippen LogP contribution in [0.5, 0.6) is 0 Å². The van der Waals surface area contributed by atoms with Crippen LogP contribution in [0.1, 0.15) is 16.7 Å². The van der Waals surface area contributed by atoms with E-state index in [9.17, 15) is 13.2 Å². The number of rotatable bonds is 2. The number of fused-ring (bicyclic) bond motifs is 1. The fourth-order valence-electron chi connectivity index (χ4n) is 3.48.